The predicted octanol–water partition coefficient (Wildman–Crippen LogP) is 0.100. The van der Waals surface area contributed by atoms with Gasteiger partial charge in [-0.25, -0.2) is 0 Å². The maximum atomic E-state index is 8.63. The molecule has 0 aromatic rings. The summed E-state index contributed by atoms with van der Waals surface area (Å²) in [4.78, 5) is 0. The molecule has 0 aliphatic heterocycles. The highest BCUT2D eigenvalue weighted by molar-refractivity contribution is 4.74. The second-order valence-electron chi connectivity index (χ2n) is 1.24. The second kappa shape index (κ2) is 3.84. The van der Waals surface area contributed by atoms with Gasteiger partial charge < -0.3 is 5.11 Å². The molecule has 0 radical (unpaired) electrons. The predicted molar refractivity (Wildman–Crippen MR) is 29.9 cm³/mol. The molecule has 1 atom stereocenters. The molecule has 7 heavy (non-hydrogen) atoms. The molecule has 0 bridgehead atoms. The van der Waals surface area contributed by atoms with E-state index in [9.17, 15) is 0 Å². The van der Waals surface area contributed by atoms with Crippen LogP contribution in [0, 0.1) is 0 Å². The van der Waals surface area contributed by atoms with Gasteiger partial charge in [-0.15, -0.1) is 0 Å². The lowest BCUT2D eigenvalue weighted by Crippen LogP contribution is -2.25. The zero-order valence-electron chi connectivity index (χ0n) is 4.52. The third-order valence-electron chi connectivity index (χ3n) is 0.637. The normalized spacial score (nSPS) is 13.4. The SMILES string of the molecule is C=CC(O)NCC. The molecule has 42 valence electrons. The van der Waals surface area contributed by atoms with Crippen molar-refractivity contribution in [1.29, 1.82) is 0 Å². The molecule has 1 unspecified atom stereocenters. The van der Waals surface area contributed by atoms with Crippen molar-refractivity contribution >= 4 is 0 Å². The minimum Gasteiger partial charge on any atom is -0.375 e. The Bertz CT molecular complexity index is 54.0. The molecular weight excluding hydrogens is 90.1 g/mol. The molecule has 2 nitrogen and oxygen atoms in total. The first-order chi connectivity index (χ1) is 3.31. The van der Waals surface area contributed by atoms with Gasteiger partial charge in [0, 0.05) is 0 Å². The summed E-state index contributed by atoms with van der Waals surface area (Å²) in [6.07, 6.45) is 0.911. The molecule has 0 aromatic heterocycles. The number of likely N-dealkylation sites (N-methyl/N-ethyl adjacent to an activating group) is 1. The van der Waals surface area contributed by atoms with Crippen molar-refractivity contribution in [2.75, 3.05) is 6.54 Å². The lowest BCUT2D eigenvalue weighted by atomic mass is 10.5. The van der Waals surface area contributed by atoms with Gasteiger partial charge in [0.1, 0.15) is 6.23 Å². The Hall–Kier alpha value is -0.340. The Labute approximate surface area is 43.9 Å². The number of rotatable bonds is 3. The molecule has 0 spiro atoms. The van der Waals surface area contributed by atoms with E-state index in [-0.39, 0.29) is 0 Å². The van der Waals surface area contributed by atoms with E-state index in [1.54, 1.807) is 0 Å². The molecular formula is C5H11NO. The van der Waals surface area contributed by atoms with Crippen LogP contribution < -0.4 is 5.32 Å². The van der Waals surface area contributed by atoms with E-state index in [0.29, 0.717) is 0 Å². The van der Waals surface area contributed by atoms with Gasteiger partial charge in [0.25, 0.3) is 0 Å². The molecule has 0 rings (SSSR count). The van der Waals surface area contributed by atoms with Crippen molar-refractivity contribution in [3.8, 4) is 0 Å². The van der Waals surface area contributed by atoms with Crippen LogP contribution in [0.3, 0.4) is 0 Å². The summed E-state index contributed by atoms with van der Waals surface area (Å²) in [5.74, 6) is 0. The lowest BCUT2D eigenvalue weighted by Gasteiger charge is -2.01. The van der Waals surface area contributed by atoms with Gasteiger partial charge in [-0.05, 0) is 12.6 Å². The molecule has 0 aliphatic carbocycles. The molecule has 0 heterocycles. The number of hydrogen-bond acceptors (Lipinski definition) is 2. The van der Waals surface area contributed by atoms with Crippen LogP contribution in [0.1, 0.15) is 6.92 Å². The van der Waals surface area contributed by atoms with Gasteiger partial charge >= 0.3 is 0 Å². The van der Waals surface area contributed by atoms with E-state index >= 15 is 0 Å². The van der Waals surface area contributed by atoms with Crippen molar-refractivity contribution in [3.63, 3.8) is 0 Å². The molecule has 0 aromatic carbocycles. The van der Waals surface area contributed by atoms with Gasteiger partial charge in [-0.1, -0.05) is 13.5 Å². The van der Waals surface area contributed by atoms with Crippen LogP contribution >= 0.6 is 0 Å². The molecule has 2 heteroatoms. The zero-order valence-corrected chi connectivity index (χ0v) is 4.52. The fourth-order valence-corrected chi connectivity index (χ4v) is 0.292. The van der Waals surface area contributed by atoms with Crippen LogP contribution in [0.2, 0.25) is 0 Å². The summed E-state index contributed by atoms with van der Waals surface area (Å²) in [6.45, 7) is 6.06. The molecule has 0 saturated carbocycles. The van der Waals surface area contributed by atoms with E-state index in [4.69, 9.17) is 5.11 Å². The maximum Gasteiger partial charge on any atom is 0.123 e. The Morgan fingerprint density at radius 1 is 2.00 bits per heavy atom. The average molecular weight is 101 g/mol. The first-order valence-corrected chi connectivity index (χ1v) is 2.35. The summed E-state index contributed by atoms with van der Waals surface area (Å²) >= 11 is 0. The van der Waals surface area contributed by atoms with Crippen molar-refractivity contribution in [2.24, 2.45) is 0 Å². The van der Waals surface area contributed by atoms with Gasteiger partial charge in [0.15, 0.2) is 0 Å². The van der Waals surface area contributed by atoms with E-state index < -0.39 is 6.23 Å². The molecule has 0 saturated heterocycles. The highest BCUT2D eigenvalue weighted by atomic mass is 16.3. The third kappa shape index (κ3) is 3.49. The van der Waals surface area contributed by atoms with Gasteiger partial charge in [-0.3, -0.25) is 5.32 Å². The molecule has 0 aliphatic rings. The molecule has 0 amide bonds. The minimum atomic E-state index is -0.537. The third-order valence-corrected chi connectivity index (χ3v) is 0.637. The Balaban J connectivity index is 2.98. The highest BCUT2D eigenvalue weighted by Crippen LogP contribution is 1.72. The van der Waals surface area contributed by atoms with Gasteiger partial charge in [0.05, 0.1) is 0 Å². The van der Waals surface area contributed by atoms with Crippen LogP contribution in [-0.2, 0) is 0 Å². The highest BCUT2D eigenvalue weighted by Gasteiger charge is 1.87. The van der Waals surface area contributed by atoms with Crippen LogP contribution in [0.25, 0.3) is 0 Å². The van der Waals surface area contributed by atoms with Crippen LogP contribution in [0.15, 0.2) is 12.7 Å². The smallest absolute Gasteiger partial charge is 0.123 e. The second-order valence-corrected chi connectivity index (χ2v) is 1.24. The van der Waals surface area contributed by atoms with Crippen LogP contribution in [-0.4, -0.2) is 17.9 Å². The topological polar surface area (TPSA) is 32.3 Å². The number of aliphatic hydroxyl groups is 1. The van der Waals surface area contributed by atoms with Crippen molar-refractivity contribution < 1.29 is 5.11 Å². The van der Waals surface area contributed by atoms with Crippen molar-refractivity contribution in [1.82, 2.24) is 5.32 Å². The summed E-state index contributed by atoms with van der Waals surface area (Å²) < 4.78 is 0. The summed E-state index contributed by atoms with van der Waals surface area (Å²) in [7, 11) is 0. The van der Waals surface area contributed by atoms with Crippen LogP contribution in [0.5, 0.6) is 0 Å². The van der Waals surface area contributed by atoms with Gasteiger partial charge in [0.2, 0.25) is 0 Å². The zero-order chi connectivity index (χ0) is 5.70. The molecule has 0 fully saturated rings. The summed E-state index contributed by atoms with van der Waals surface area (Å²) in [5, 5.41) is 11.4. The maximum absolute atomic E-state index is 8.63. The monoisotopic (exact) mass is 101 g/mol. The fourth-order valence-electron chi connectivity index (χ4n) is 0.292. The lowest BCUT2D eigenvalue weighted by molar-refractivity contribution is 0.188. The summed E-state index contributed by atoms with van der Waals surface area (Å²) in [5.41, 5.74) is 0. The van der Waals surface area contributed by atoms with Gasteiger partial charge in [-0.2, -0.15) is 0 Å². The Morgan fingerprint density at radius 2 is 2.57 bits per heavy atom. The quantitative estimate of drug-likeness (QED) is 0.390. The first kappa shape index (κ1) is 6.66. The van der Waals surface area contributed by atoms with E-state index in [1.807, 2.05) is 6.92 Å². The molecule has 2 N–H and O–H groups in total. The summed E-state index contributed by atoms with van der Waals surface area (Å²) in [6, 6.07) is 0. The number of aliphatic hydroxyl groups excluding tert-OH is 1. The van der Waals surface area contributed by atoms with Crippen molar-refractivity contribution in [2.45, 2.75) is 13.2 Å². The van der Waals surface area contributed by atoms with Crippen LogP contribution in [0.4, 0.5) is 0 Å². The largest absolute Gasteiger partial charge is 0.375 e. The average Bonchev–Trinajstić information content (AvgIpc) is 1.68. The minimum absolute atomic E-state index is 0.537. The fraction of sp³-hybridized carbons (Fsp3) is 0.600. The van der Waals surface area contributed by atoms with Crippen molar-refractivity contribution in [3.05, 3.63) is 12.7 Å². The van der Waals surface area contributed by atoms with E-state index in [2.05, 4.69) is 11.9 Å². The Kier molecular flexibility index (Phi) is 3.65. The number of nitrogens with one attached hydrogen (secondary N) is 1. The number of hydrogen-bond donors (Lipinski definition) is 2. The standard InChI is InChI=1S/C5H11NO/c1-3-5(7)6-4-2/h3,5-7H,1,4H2,2H3. The Morgan fingerprint density at radius 3 is 2.71 bits per heavy atom. The van der Waals surface area contributed by atoms with E-state index in [0.717, 1.165) is 6.54 Å². The van der Waals surface area contributed by atoms with E-state index in [1.165, 1.54) is 6.08 Å². The first-order valence-electron chi connectivity index (χ1n) is 2.35.